The highest BCUT2D eigenvalue weighted by atomic mass is 16.5. The Kier molecular flexibility index (Phi) is 3.38. The van der Waals surface area contributed by atoms with E-state index in [2.05, 4.69) is 20.8 Å². The molecule has 0 aliphatic carbocycles. The normalized spacial score (nSPS) is 35.2. The van der Waals surface area contributed by atoms with Crippen LogP contribution in [0.15, 0.2) is 0 Å². The summed E-state index contributed by atoms with van der Waals surface area (Å²) in [6.07, 6.45) is 4.32. The van der Waals surface area contributed by atoms with Gasteiger partial charge in [-0.15, -0.1) is 0 Å². The van der Waals surface area contributed by atoms with Crippen molar-refractivity contribution in [3.05, 3.63) is 0 Å². The van der Waals surface area contributed by atoms with Gasteiger partial charge in [0.15, 0.2) is 0 Å². The molecule has 1 heterocycles. The Labute approximate surface area is 70.1 Å². The first-order valence-electron chi connectivity index (χ1n) is 4.85. The first-order valence-corrected chi connectivity index (χ1v) is 4.85. The Hall–Kier alpha value is -0.0400. The molecular formula is C10H20O. The molecule has 0 aromatic heterocycles. The number of hydrogen-bond acceptors (Lipinski definition) is 1. The van der Waals surface area contributed by atoms with Gasteiger partial charge >= 0.3 is 0 Å². The van der Waals surface area contributed by atoms with E-state index in [-0.39, 0.29) is 0 Å². The average Bonchev–Trinajstić information content (AvgIpc) is 2.03. The fraction of sp³-hybridized carbons (Fsp3) is 1.00. The van der Waals surface area contributed by atoms with E-state index in [9.17, 15) is 0 Å². The maximum atomic E-state index is 5.70. The summed E-state index contributed by atoms with van der Waals surface area (Å²) in [5.74, 6) is 1.63. The smallest absolute Gasteiger partial charge is 0.0603 e. The summed E-state index contributed by atoms with van der Waals surface area (Å²) >= 11 is 0. The van der Waals surface area contributed by atoms with E-state index < -0.39 is 0 Å². The van der Waals surface area contributed by atoms with Gasteiger partial charge in [-0.2, -0.15) is 0 Å². The van der Waals surface area contributed by atoms with Crippen LogP contribution in [0.3, 0.4) is 0 Å². The molecule has 0 N–H and O–H groups in total. The first kappa shape index (κ1) is 9.05. The van der Waals surface area contributed by atoms with Crippen molar-refractivity contribution < 1.29 is 4.74 Å². The molecule has 0 saturated carbocycles. The van der Waals surface area contributed by atoms with E-state index in [0.717, 1.165) is 18.4 Å². The van der Waals surface area contributed by atoms with Crippen molar-refractivity contribution in [3.63, 3.8) is 0 Å². The van der Waals surface area contributed by atoms with E-state index in [1.54, 1.807) is 0 Å². The highest BCUT2D eigenvalue weighted by Crippen LogP contribution is 2.25. The molecule has 1 fully saturated rings. The fourth-order valence-corrected chi connectivity index (χ4v) is 1.66. The molecule has 0 aromatic carbocycles. The number of ether oxygens (including phenoxy) is 1. The molecule has 1 heteroatoms. The molecule has 0 bridgehead atoms. The van der Waals surface area contributed by atoms with Crippen molar-refractivity contribution in [1.29, 1.82) is 0 Å². The van der Waals surface area contributed by atoms with Crippen molar-refractivity contribution in [3.8, 4) is 0 Å². The summed E-state index contributed by atoms with van der Waals surface area (Å²) in [5, 5.41) is 0. The monoisotopic (exact) mass is 156 g/mol. The van der Waals surface area contributed by atoms with Crippen LogP contribution in [-0.4, -0.2) is 12.7 Å². The van der Waals surface area contributed by atoms with Crippen LogP contribution in [0, 0.1) is 11.8 Å². The lowest BCUT2D eigenvalue weighted by molar-refractivity contribution is -0.0354. The topological polar surface area (TPSA) is 9.23 Å². The molecule has 66 valence electrons. The van der Waals surface area contributed by atoms with Gasteiger partial charge in [-0.25, -0.2) is 0 Å². The van der Waals surface area contributed by atoms with Gasteiger partial charge in [0.25, 0.3) is 0 Å². The average molecular weight is 156 g/mol. The van der Waals surface area contributed by atoms with Crippen LogP contribution in [0.5, 0.6) is 0 Å². The zero-order valence-corrected chi connectivity index (χ0v) is 7.97. The van der Waals surface area contributed by atoms with Crippen molar-refractivity contribution >= 4 is 0 Å². The Morgan fingerprint density at radius 1 is 1.55 bits per heavy atom. The van der Waals surface area contributed by atoms with Gasteiger partial charge in [0.1, 0.15) is 0 Å². The van der Waals surface area contributed by atoms with Gasteiger partial charge in [-0.3, -0.25) is 0 Å². The Bertz CT molecular complexity index is 111. The molecule has 3 atom stereocenters. The summed E-state index contributed by atoms with van der Waals surface area (Å²) < 4.78 is 5.70. The molecule has 3 unspecified atom stereocenters. The van der Waals surface area contributed by atoms with Gasteiger partial charge in [0.2, 0.25) is 0 Å². The molecule has 1 saturated heterocycles. The van der Waals surface area contributed by atoms with Crippen LogP contribution in [0.4, 0.5) is 0 Å². The highest BCUT2D eigenvalue weighted by molar-refractivity contribution is 4.72. The minimum Gasteiger partial charge on any atom is -0.378 e. The molecule has 0 radical (unpaired) electrons. The van der Waals surface area contributed by atoms with Crippen LogP contribution in [0.1, 0.15) is 40.0 Å². The van der Waals surface area contributed by atoms with E-state index in [1.807, 2.05) is 0 Å². The van der Waals surface area contributed by atoms with Gasteiger partial charge < -0.3 is 4.74 Å². The lowest BCUT2D eigenvalue weighted by atomic mass is 9.89. The van der Waals surface area contributed by atoms with Crippen LogP contribution < -0.4 is 0 Å². The van der Waals surface area contributed by atoms with Crippen LogP contribution in [0.2, 0.25) is 0 Å². The zero-order valence-electron chi connectivity index (χ0n) is 7.97. The van der Waals surface area contributed by atoms with Crippen LogP contribution >= 0.6 is 0 Å². The van der Waals surface area contributed by atoms with E-state index in [4.69, 9.17) is 4.74 Å². The van der Waals surface area contributed by atoms with Gasteiger partial charge in [0.05, 0.1) is 6.10 Å². The van der Waals surface area contributed by atoms with Crippen molar-refractivity contribution in [2.75, 3.05) is 6.61 Å². The highest BCUT2D eigenvalue weighted by Gasteiger charge is 2.23. The lowest BCUT2D eigenvalue weighted by Crippen LogP contribution is -2.29. The summed E-state index contributed by atoms with van der Waals surface area (Å²) in [6, 6.07) is 0. The third-order valence-corrected chi connectivity index (χ3v) is 2.86. The minimum atomic E-state index is 0.545. The molecule has 0 aromatic rings. The largest absolute Gasteiger partial charge is 0.378 e. The molecule has 0 spiro atoms. The molecule has 1 aliphatic heterocycles. The molecule has 0 amide bonds. The van der Waals surface area contributed by atoms with E-state index in [0.29, 0.717) is 6.10 Å². The van der Waals surface area contributed by atoms with Crippen LogP contribution in [0.25, 0.3) is 0 Å². The molecule has 11 heavy (non-hydrogen) atoms. The second-order valence-corrected chi connectivity index (χ2v) is 3.92. The molecular weight excluding hydrogens is 136 g/mol. The molecule has 1 aliphatic rings. The van der Waals surface area contributed by atoms with Crippen molar-refractivity contribution in [2.24, 2.45) is 11.8 Å². The number of rotatable bonds is 2. The maximum Gasteiger partial charge on any atom is 0.0603 e. The van der Waals surface area contributed by atoms with Crippen LogP contribution in [-0.2, 0) is 4.74 Å². The fourth-order valence-electron chi connectivity index (χ4n) is 1.66. The number of hydrogen-bond donors (Lipinski definition) is 0. The molecule has 1 rings (SSSR count). The summed E-state index contributed by atoms with van der Waals surface area (Å²) in [6.45, 7) is 7.85. The second kappa shape index (κ2) is 4.10. The third-order valence-electron chi connectivity index (χ3n) is 2.86. The van der Waals surface area contributed by atoms with Gasteiger partial charge in [0, 0.05) is 6.61 Å². The predicted octanol–water partition coefficient (Wildman–Crippen LogP) is 2.85. The predicted molar refractivity (Wildman–Crippen MR) is 47.6 cm³/mol. The Balaban J connectivity index is 2.33. The SMILES string of the molecule is CCC(C)C1CC(C)CCO1. The third kappa shape index (κ3) is 2.48. The molecule has 1 nitrogen and oxygen atoms in total. The van der Waals surface area contributed by atoms with E-state index in [1.165, 1.54) is 19.3 Å². The first-order chi connectivity index (χ1) is 5.24. The van der Waals surface area contributed by atoms with Crippen molar-refractivity contribution in [2.45, 2.75) is 46.1 Å². The Morgan fingerprint density at radius 2 is 2.27 bits per heavy atom. The van der Waals surface area contributed by atoms with Gasteiger partial charge in [-0.05, 0) is 24.7 Å². The summed E-state index contributed by atoms with van der Waals surface area (Å²) in [4.78, 5) is 0. The quantitative estimate of drug-likeness (QED) is 0.597. The maximum absolute atomic E-state index is 5.70. The van der Waals surface area contributed by atoms with E-state index >= 15 is 0 Å². The standard InChI is InChI=1S/C10H20O/c1-4-9(3)10-7-8(2)5-6-11-10/h8-10H,4-7H2,1-3H3. The minimum absolute atomic E-state index is 0.545. The van der Waals surface area contributed by atoms with Gasteiger partial charge in [-0.1, -0.05) is 27.2 Å². The second-order valence-electron chi connectivity index (χ2n) is 3.92. The zero-order chi connectivity index (χ0) is 8.27. The lowest BCUT2D eigenvalue weighted by Gasteiger charge is -2.31. The summed E-state index contributed by atoms with van der Waals surface area (Å²) in [5.41, 5.74) is 0. The Morgan fingerprint density at radius 3 is 2.82 bits per heavy atom. The van der Waals surface area contributed by atoms with Crippen molar-refractivity contribution in [1.82, 2.24) is 0 Å². The summed E-state index contributed by atoms with van der Waals surface area (Å²) in [7, 11) is 0.